The lowest BCUT2D eigenvalue weighted by Crippen LogP contribution is -2.31. The third-order valence-electron chi connectivity index (χ3n) is 3.09. The number of nitrogens with zero attached hydrogens (tertiary/aromatic N) is 3. The number of hydrogen-bond acceptors (Lipinski definition) is 4. The third-order valence-corrected chi connectivity index (χ3v) is 4.76. The standard InChI is InChI=1S/C12H18ClN3O2S/c1-4-18-6-5-16-9(17)7-19-12(16)10-8(2)14-15(3)11(10)13/h12H,4-7H2,1-3H3. The molecule has 1 amide bonds. The van der Waals surface area contributed by atoms with Crippen LogP contribution < -0.4 is 0 Å². The second kappa shape index (κ2) is 6.15. The molecule has 0 radical (unpaired) electrons. The van der Waals surface area contributed by atoms with Gasteiger partial charge in [0.15, 0.2) is 0 Å². The first-order valence-electron chi connectivity index (χ1n) is 6.24. The van der Waals surface area contributed by atoms with E-state index in [4.69, 9.17) is 16.3 Å². The van der Waals surface area contributed by atoms with Gasteiger partial charge in [0.05, 0.1) is 18.1 Å². The van der Waals surface area contributed by atoms with Crippen molar-refractivity contribution in [2.45, 2.75) is 19.2 Å². The van der Waals surface area contributed by atoms with Crippen LogP contribution >= 0.6 is 23.4 Å². The Balaban J connectivity index is 2.20. The van der Waals surface area contributed by atoms with E-state index >= 15 is 0 Å². The van der Waals surface area contributed by atoms with Crippen LogP contribution in [-0.4, -0.2) is 46.1 Å². The van der Waals surface area contributed by atoms with Crippen molar-refractivity contribution in [3.63, 3.8) is 0 Å². The van der Waals surface area contributed by atoms with E-state index in [1.165, 1.54) is 0 Å². The maximum absolute atomic E-state index is 12.0. The normalized spacial score (nSPS) is 19.5. The summed E-state index contributed by atoms with van der Waals surface area (Å²) in [6.07, 6.45) is 0. The molecule has 2 rings (SSSR count). The van der Waals surface area contributed by atoms with E-state index in [9.17, 15) is 4.79 Å². The van der Waals surface area contributed by atoms with Gasteiger partial charge in [0.1, 0.15) is 10.5 Å². The highest BCUT2D eigenvalue weighted by molar-refractivity contribution is 8.00. The summed E-state index contributed by atoms with van der Waals surface area (Å²) in [7, 11) is 1.81. The largest absolute Gasteiger partial charge is 0.380 e. The Morgan fingerprint density at radius 1 is 1.58 bits per heavy atom. The molecule has 0 spiro atoms. The van der Waals surface area contributed by atoms with Crippen molar-refractivity contribution in [2.75, 3.05) is 25.5 Å². The van der Waals surface area contributed by atoms with Gasteiger partial charge in [-0.2, -0.15) is 5.10 Å². The van der Waals surface area contributed by atoms with Crippen molar-refractivity contribution in [1.29, 1.82) is 0 Å². The predicted molar refractivity (Wildman–Crippen MR) is 76.4 cm³/mol. The van der Waals surface area contributed by atoms with Gasteiger partial charge in [-0.25, -0.2) is 0 Å². The summed E-state index contributed by atoms with van der Waals surface area (Å²) < 4.78 is 6.99. The van der Waals surface area contributed by atoms with Crippen LogP contribution in [0.15, 0.2) is 0 Å². The molecule has 106 valence electrons. The highest BCUT2D eigenvalue weighted by atomic mass is 35.5. The van der Waals surface area contributed by atoms with Crippen molar-refractivity contribution >= 4 is 29.3 Å². The van der Waals surface area contributed by atoms with Gasteiger partial charge in [0, 0.05) is 25.8 Å². The Morgan fingerprint density at radius 3 is 2.89 bits per heavy atom. The topological polar surface area (TPSA) is 47.4 Å². The average molecular weight is 304 g/mol. The van der Waals surface area contributed by atoms with Crippen molar-refractivity contribution in [3.8, 4) is 0 Å². The Bertz CT molecular complexity index is 478. The summed E-state index contributed by atoms with van der Waals surface area (Å²) in [5.74, 6) is 0.621. The molecule has 0 bridgehead atoms. The van der Waals surface area contributed by atoms with Crippen molar-refractivity contribution in [1.82, 2.24) is 14.7 Å². The fourth-order valence-electron chi connectivity index (χ4n) is 2.17. The lowest BCUT2D eigenvalue weighted by molar-refractivity contribution is -0.128. The first kappa shape index (κ1) is 14.7. The molecule has 19 heavy (non-hydrogen) atoms. The quantitative estimate of drug-likeness (QED) is 0.781. The monoisotopic (exact) mass is 303 g/mol. The van der Waals surface area contributed by atoms with Crippen molar-refractivity contribution in [3.05, 3.63) is 16.4 Å². The Labute approximate surface area is 122 Å². The van der Waals surface area contributed by atoms with Crippen LogP contribution in [0.4, 0.5) is 0 Å². The van der Waals surface area contributed by atoms with Crippen molar-refractivity contribution in [2.24, 2.45) is 7.05 Å². The molecule has 1 aromatic rings. The van der Waals surface area contributed by atoms with Gasteiger partial charge in [0.25, 0.3) is 0 Å². The number of aromatic nitrogens is 2. The molecule has 0 aromatic carbocycles. The lowest BCUT2D eigenvalue weighted by atomic mass is 10.2. The Kier molecular flexibility index (Phi) is 4.76. The van der Waals surface area contributed by atoms with Crippen LogP contribution in [0.3, 0.4) is 0 Å². The zero-order chi connectivity index (χ0) is 14.0. The van der Waals surface area contributed by atoms with E-state index in [1.54, 1.807) is 16.4 Å². The molecule has 1 aliphatic rings. The first-order chi connectivity index (χ1) is 9.06. The molecular formula is C12H18ClN3O2S. The van der Waals surface area contributed by atoms with Crippen LogP contribution in [0.2, 0.25) is 5.15 Å². The first-order valence-corrected chi connectivity index (χ1v) is 7.66. The molecule has 1 saturated heterocycles. The fourth-order valence-corrected chi connectivity index (χ4v) is 3.83. The zero-order valence-corrected chi connectivity index (χ0v) is 12.9. The summed E-state index contributed by atoms with van der Waals surface area (Å²) in [5.41, 5.74) is 1.82. The smallest absolute Gasteiger partial charge is 0.233 e. The molecule has 1 aromatic heterocycles. The lowest BCUT2D eigenvalue weighted by Gasteiger charge is -2.23. The number of thioether (sulfide) groups is 1. The third kappa shape index (κ3) is 2.90. The van der Waals surface area contributed by atoms with E-state index in [-0.39, 0.29) is 11.3 Å². The molecule has 0 aliphatic carbocycles. The van der Waals surface area contributed by atoms with E-state index in [0.717, 1.165) is 11.3 Å². The molecule has 2 heterocycles. The Morgan fingerprint density at radius 2 is 2.32 bits per heavy atom. The summed E-state index contributed by atoms with van der Waals surface area (Å²) in [5, 5.41) is 4.87. The molecular weight excluding hydrogens is 286 g/mol. The summed E-state index contributed by atoms with van der Waals surface area (Å²) in [6.45, 7) is 5.67. The number of amides is 1. The van der Waals surface area contributed by atoms with Crippen LogP contribution in [0, 0.1) is 6.92 Å². The highest BCUT2D eigenvalue weighted by Gasteiger charge is 2.36. The molecule has 5 nitrogen and oxygen atoms in total. The van der Waals surface area contributed by atoms with Crippen LogP contribution in [0.1, 0.15) is 23.6 Å². The summed E-state index contributed by atoms with van der Waals surface area (Å²) >= 11 is 7.88. The van der Waals surface area contributed by atoms with Gasteiger partial charge in [-0.05, 0) is 13.8 Å². The number of carbonyl (C=O) groups excluding carboxylic acids is 1. The van der Waals surface area contributed by atoms with E-state index < -0.39 is 0 Å². The van der Waals surface area contributed by atoms with Gasteiger partial charge >= 0.3 is 0 Å². The van der Waals surface area contributed by atoms with Crippen LogP contribution in [-0.2, 0) is 16.6 Å². The summed E-state index contributed by atoms with van der Waals surface area (Å²) in [6, 6.07) is 0. The van der Waals surface area contributed by atoms with E-state index in [2.05, 4.69) is 5.10 Å². The van der Waals surface area contributed by atoms with Gasteiger partial charge < -0.3 is 9.64 Å². The van der Waals surface area contributed by atoms with Gasteiger partial charge in [-0.3, -0.25) is 9.48 Å². The second-order valence-electron chi connectivity index (χ2n) is 4.36. The minimum atomic E-state index is -0.0471. The maximum Gasteiger partial charge on any atom is 0.233 e. The van der Waals surface area contributed by atoms with Crippen LogP contribution in [0.5, 0.6) is 0 Å². The molecule has 0 N–H and O–H groups in total. The van der Waals surface area contributed by atoms with Crippen molar-refractivity contribution < 1.29 is 9.53 Å². The van der Waals surface area contributed by atoms with Crippen LogP contribution in [0.25, 0.3) is 0 Å². The number of halogens is 1. The average Bonchev–Trinajstić information content (AvgIpc) is 2.83. The number of aryl methyl sites for hydroxylation is 2. The SMILES string of the molecule is CCOCCN1C(=O)CSC1c1c(C)nn(C)c1Cl. The molecule has 1 aliphatic heterocycles. The second-order valence-corrected chi connectivity index (χ2v) is 5.79. The highest BCUT2D eigenvalue weighted by Crippen LogP contribution is 2.42. The molecule has 1 atom stereocenters. The van der Waals surface area contributed by atoms with Gasteiger partial charge in [-0.1, -0.05) is 11.6 Å². The molecule has 1 fully saturated rings. The minimum Gasteiger partial charge on any atom is -0.380 e. The maximum atomic E-state index is 12.0. The minimum absolute atomic E-state index is 0.0471. The fraction of sp³-hybridized carbons (Fsp3) is 0.667. The molecule has 1 unspecified atom stereocenters. The number of carbonyl (C=O) groups is 1. The predicted octanol–water partition coefficient (Wildman–Crippen LogP) is 1.99. The molecule has 7 heteroatoms. The van der Waals surface area contributed by atoms with Gasteiger partial charge in [0.2, 0.25) is 5.91 Å². The van der Waals surface area contributed by atoms with E-state index in [1.807, 2.05) is 25.8 Å². The zero-order valence-electron chi connectivity index (χ0n) is 11.4. The van der Waals surface area contributed by atoms with E-state index in [0.29, 0.717) is 30.7 Å². The van der Waals surface area contributed by atoms with Gasteiger partial charge in [-0.15, -0.1) is 11.8 Å². The number of ether oxygens (including phenoxy) is 1. The molecule has 0 saturated carbocycles. The number of hydrogen-bond donors (Lipinski definition) is 0. The number of rotatable bonds is 5. The summed E-state index contributed by atoms with van der Waals surface area (Å²) in [4.78, 5) is 13.8. The Hall–Kier alpha value is -0.720.